The summed E-state index contributed by atoms with van der Waals surface area (Å²) in [5, 5.41) is 0. The van der Waals surface area contributed by atoms with E-state index in [0.29, 0.717) is 6.61 Å². The molecule has 3 heteroatoms. The Morgan fingerprint density at radius 2 is 2.06 bits per heavy atom. The third-order valence-electron chi connectivity index (χ3n) is 3.83. The number of ether oxygens (including phenoxy) is 1. The minimum atomic E-state index is -0.122. The second kappa shape index (κ2) is 5.31. The van der Waals surface area contributed by atoms with Crippen LogP contribution in [0.25, 0.3) is 0 Å². The van der Waals surface area contributed by atoms with E-state index in [1.165, 1.54) is 0 Å². The van der Waals surface area contributed by atoms with E-state index in [1.54, 1.807) is 0 Å². The quantitative estimate of drug-likeness (QED) is 0.546. The first-order valence-electron chi connectivity index (χ1n) is 5.93. The summed E-state index contributed by atoms with van der Waals surface area (Å²) in [6.45, 7) is 6.28. The summed E-state index contributed by atoms with van der Waals surface area (Å²) in [6.07, 6.45) is 3.28. The minimum Gasteiger partial charge on any atom is -0.466 e. The van der Waals surface area contributed by atoms with Crippen molar-refractivity contribution in [3.8, 4) is 0 Å². The zero-order chi connectivity index (χ0) is 12.2. The number of esters is 1. The number of hydrogen-bond donors (Lipinski definition) is 0. The van der Waals surface area contributed by atoms with E-state index >= 15 is 0 Å². The minimum absolute atomic E-state index is 0.0351. The topological polar surface area (TPSA) is 43.4 Å². The molecular formula is C13H20O3. The monoisotopic (exact) mass is 224 g/mol. The third kappa shape index (κ3) is 2.73. The molecule has 16 heavy (non-hydrogen) atoms. The lowest BCUT2D eigenvalue weighted by molar-refractivity contribution is -0.152. The Hall–Kier alpha value is -1.08. The summed E-state index contributed by atoms with van der Waals surface area (Å²) in [6, 6.07) is 0. The van der Waals surface area contributed by atoms with Gasteiger partial charge in [-0.3, -0.25) is 4.79 Å². The van der Waals surface area contributed by atoms with Crippen LogP contribution in [0, 0.1) is 11.3 Å². The molecule has 0 spiro atoms. The zero-order valence-electron chi connectivity index (χ0n) is 10.3. The lowest BCUT2D eigenvalue weighted by Gasteiger charge is -2.37. The van der Waals surface area contributed by atoms with Gasteiger partial charge in [0.25, 0.3) is 0 Å². The lowest BCUT2D eigenvalue weighted by atomic mass is 9.67. The van der Waals surface area contributed by atoms with Crippen molar-refractivity contribution in [1.29, 1.82) is 0 Å². The first kappa shape index (κ1) is 13.0. The highest BCUT2D eigenvalue weighted by Gasteiger charge is 2.38. The Labute approximate surface area is 96.9 Å². The fraction of sp³-hybridized carbons (Fsp3) is 0.769. The van der Waals surface area contributed by atoms with Crippen molar-refractivity contribution in [3.63, 3.8) is 0 Å². The Morgan fingerprint density at radius 3 is 2.50 bits per heavy atom. The molecule has 0 saturated heterocycles. The molecule has 0 heterocycles. The second-order valence-corrected chi connectivity index (χ2v) is 4.83. The highest BCUT2D eigenvalue weighted by Crippen LogP contribution is 2.43. The van der Waals surface area contributed by atoms with E-state index in [-0.39, 0.29) is 17.3 Å². The maximum atomic E-state index is 11.7. The van der Waals surface area contributed by atoms with Crippen LogP contribution in [-0.4, -0.2) is 18.5 Å². The van der Waals surface area contributed by atoms with E-state index < -0.39 is 0 Å². The molecule has 90 valence electrons. The van der Waals surface area contributed by atoms with Crippen LogP contribution in [-0.2, 0) is 14.3 Å². The first-order chi connectivity index (χ1) is 7.53. The Morgan fingerprint density at radius 1 is 1.50 bits per heavy atom. The summed E-state index contributed by atoms with van der Waals surface area (Å²) in [5.41, 5.74) is 0.820. The molecule has 0 bridgehead atoms. The Balaban J connectivity index is 2.65. The van der Waals surface area contributed by atoms with Gasteiger partial charge >= 0.3 is 5.97 Å². The average Bonchev–Trinajstić information content (AvgIpc) is 2.29. The van der Waals surface area contributed by atoms with Crippen LogP contribution in [0.5, 0.6) is 0 Å². The zero-order valence-corrected chi connectivity index (χ0v) is 10.3. The molecule has 1 saturated carbocycles. The van der Waals surface area contributed by atoms with Crippen LogP contribution >= 0.6 is 0 Å². The van der Waals surface area contributed by atoms with E-state index in [9.17, 15) is 9.59 Å². The third-order valence-corrected chi connectivity index (χ3v) is 3.83. The molecule has 0 aliphatic heterocycles. The molecule has 0 radical (unpaired) electrons. The van der Waals surface area contributed by atoms with E-state index in [2.05, 4.69) is 6.92 Å². The molecule has 1 unspecified atom stereocenters. The van der Waals surface area contributed by atoms with E-state index in [1.807, 2.05) is 19.8 Å². The smallest absolute Gasteiger partial charge is 0.309 e. The number of hydrogen-bond acceptors (Lipinski definition) is 3. The number of carbonyl (C=O) groups is 1. The predicted molar refractivity (Wildman–Crippen MR) is 61.6 cm³/mol. The maximum Gasteiger partial charge on any atom is 0.309 e. The average molecular weight is 224 g/mol. The molecule has 0 aromatic carbocycles. The first-order valence-corrected chi connectivity index (χ1v) is 5.93. The van der Waals surface area contributed by atoms with Gasteiger partial charge in [0.05, 0.1) is 12.5 Å². The number of allylic oxidation sites excluding steroid dienone is 1. The van der Waals surface area contributed by atoms with Gasteiger partial charge in [-0.1, -0.05) is 13.8 Å². The molecule has 0 aromatic rings. The van der Waals surface area contributed by atoms with Crippen molar-refractivity contribution < 1.29 is 14.3 Å². The fourth-order valence-corrected chi connectivity index (χ4v) is 2.21. The summed E-state index contributed by atoms with van der Waals surface area (Å²) >= 11 is 0. The summed E-state index contributed by atoms with van der Waals surface area (Å²) in [4.78, 5) is 22.2. The molecule has 1 aliphatic rings. The van der Waals surface area contributed by atoms with Crippen LogP contribution < -0.4 is 0 Å². The van der Waals surface area contributed by atoms with Gasteiger partial charge in [0.15, 0.2) is 0 Å². The Kier molecular flexibility index (Phi) is 4.31. The van der Waals surface area contributed by atoms with Crippen molar-refractivity contribution in [2.45, 2.75) is 46.5 Å². The van der Waals surface area contributed by atoms with Gasteiger partial charge in [0, 0.05) is 5.57 Å². The molecular weight excluding hydrogens is 204 g/mol. The standard InChI is InChI=1S/C13H20O3/c1-4-16-12(15)10(2)13(3)7-5-11(9-14)6-8-13/h10H,4-8H2,1-3H3. The van der Waals surface area contributed by atoms with E-state index in [4.69, 9.17) is 4.74 Å². The van der Waals surface area contributed by atoms with Crippen LogP contribution in [0.4, 0.5) is 0 Å². The SMILES string of the molecule is CCOC(=O)C(C)C1(C)CCC(=C=O)CC1. The molecule has 1 fully saturated rings. The van der Waals surface area contributed by atoms with Crippen LogP contribution in [0.2, 0.25) is 0 Å². The van der Waals surface area contributed by atoms with Crippen molar-refractivity contribution in [3.05, 3.63) is 5.57 Å². The molecule has 1 rings (SSSR count). The van der Waals surface area contributed by atoms with Crippen molar-refractivity contribution in [2.75, 3.05) is 6.61 Å². The van der Waals surface area contributed by atoms with Gasteiger partial charge in [-0.05, 0) is 38.0 Å². The molecule has 0 aromatic heterocycles. The molecule has 0 N–H and O–H groups in total. The lowest BCUT2D eigenvalue weighted by Crippen LogP contribution is -2.35. The largest absolute Gasteiger partial charge is 0.466 e. The van der Waals surface area contributed by atoms with Gasteiger partial charge in [0.2, 0.25) is 0 Å². The van der Waals surface area contributed by atoms with Gasteiger partial charge in [-0.25, -0.2) is 4.79 Å². The maximum absolute atomic E-state index is 11.7. The summed E-state index contributed by atoms with van der Waals surface area (Å²) in [7, 11) is 0. The number of carbonyl (C=O) groups excluding carboxylic acids is 2. The van der Waals surface area contributed by atoms with Gasteiger partial charge in [0.1, 0.15) is 5.94 Å². The van der Waals surface area contributed by atoms with Crippen LogP contribution in [0.1, 0.15) is 46.5 Å². The normalized spacial score (nSPS) is 27.1. The predicted octanol–water partition coefficient (Wildman–Crippen LogP) is 2.52. The second-order valence-electron chi connectivity index (χ2n) is 4.83. The highest BCUT2D eigenvalue weighted by atomic mass is 16.5. The van der Waals surface area contributed by atoms with Crippen molar-refractivity contribution >= 4 is 11.9 Å². The van der Waals surface area contributed by atoms with Crippen molar-refractivity contribution in [1.82, 2.24) is 0 Å². The summed E-state index contributed by atoms with van der Waals surface area (Å²) < 4.78 is 5.05. The van der Waals surface area contributed by atoms with Crippen LogP contribution in [0.3, 0.4) is 0 Å². The molecule has 3 nitrogen and oxygen atoms in total. The van der Waals surface area contributed by atoms with Gasteiger partial charge < -0.3 is 4.74 Å². The Bertz CT molecular complexity index is 303. The molecule has 1 atom stereocenters. The van der Waals surface area contributed by atoms with Crippen molar-refractivity contribution in [2.24, 2.45) is 11.3 Å². The van der Waals surface area contributed by atoms with E-state index in [0.717, 1.165) is 31.3 Å². The van der Waals surface area contributed by atoms with Gasteiger partial charge in [-0.15, -0.1) is 0 Å². The highest BCUT2D eigenvalue weighted by molar-refractivity contribution is 5.73. The molecule has 0 amide bonds. The number of rotatable bonds is 3. The van der Waals surface area contributed by atoms with Crippen LogP contribution in [0.15, 0.2) is 5.57 Å². The molecule has 1 aliphatic carbocycles. The summed E-state index contributed by atoms with van der Waals surface area (Å²) in [5.74, 6) is 1.77. The van der Waals surface area contributed by atoms with Gasteiger partial charge in [-0.2, -0.15) is 0 Å². The fourth-order valence-electron chi connectivity index (χ4n) is 2.21.